The van der Waals surface area contributed by atoms with Gasteiger partial charge in [-0.1, -0.05) is 44.5 Å². The second kappa shape index (κ2) is 14.6. The van der Waals surface area contributed by atoms with Crippen molar-refractivity contribution >= 4 is 62.1 Å². The van der Waals surface area contributed by atoms with Crippen molar-refractivity contribution in [2.75, 3.05) is 17.7 Å². The summed E-state index contributed by atoms with van der Waals surface area (Å²) in [5.74, 6) is -0.745. The van der Waals surface area contributed by atoms with Crippen molar-refractivity contribution in [2.45, 2.75) is 54.6 Å². The van der Waals surface area contributed by atoms with Crippen molar-refractivity contribution in [3.05, 3.63) is 99.0 Å². The quantitative estimate of drug-likeness (QED) is 0.140. The Kier molecular flexibility index (Phi) is 11.1. The van der Waals surface area contributed by atoms with E-state index >= 15 is 0 Å². The van der Waals surface area contributed by atoms with Crippen molar-refractivity contribution in [2.24, 2.45) is 0 Å². The number of thiazole rings is 1. The average Bonchev–Trinajstić information content (AvgIpc) is 3.46. The highest BCUT2D eigenvalue weighted by atomic mass is 35.5. The van der Waals surface area contributed by atoms with Gasteiger partial charge in [-0.15, -0.1) is 23.1 Å². The van der Waals surface area contributed by atoms with E-state index in [-0.39, 0.29) is 27.7 Å². The molecule has 0 saturated heterocycles. The first-order valence-corrected chi connectivity index (χ1v) is 17.6. The Balaban J connectivity index is 1.44. The lowest BCUT2D eigenvalue weighted by molar-refractivity contribution is -0.139. The fourth-order valence-corrected chi connectivity index (χ4v) is 7.54. The van der Waals surface area contributed by atoms with Crippen LogP contribution in [0.3, 0.4) is 0 Å². The number of aromatic nitrogens is 1. The third-order valence-corrected chi connectivity index (χ3v) is 10.6. The number of rotatable bonds is 13. The molecule has 0 bridgehead atoms. The summed E-state index contributed by atoms with van der Waals surface area (Å²) in [5, 5.41) is 15.5. The largest absolute Gasteiger partial charge is 0.480 e. The molecule has 0 spiro atoms. The number of thioether (sulfide) groups is 1. The van der Waals surface area contributed by atoms with E-state index in [0.29, 0.717) is 34.9 Å². The van der Waals surface area contributed by atoms with E-state index in [4.69, 9.17) is 26.4 Å². The van der Waals surface area contributed by atoms with Crippen molar-refractivity contribution in [1.29, 1.82) is 0 Å². The topological polar surface area (TPSA) is 123 Å². The number of anilines is 1. The zero-order valence-electron chi connectivity index (χ0n) is 24.5. The summed E-state index contributed by atoms with van der Waals surface area (Å²) < 4.78 is 30.9. The number of halogens is 1. The van der Waals surface area contributed by atoms with Gasteiger partial charge in [0.25, 0.3) is 5.91 Å². The van der Waals surface area contributed by atoms with Gasteiger partial charge in [0.05, 0.1) is 27.8 Å². The van der Waals surface area contributed by atoms with Crippen LogP contribution in [0.15, 0.2) is 81.9 Å². The number of carboxylic acids is 1. The number of nitrogens with one attached hydrogen (secondary N) is 1. The molecule has 2 N–H and O–H groups in total. The minimum atomic E-state index is -3.49. The van der Waals surface area contributed by atoms with Crippen LogP contribution < -0.4 is 10.1 Å². The number of carboxylic acid groups (broad SMARTS) is 1. The molecule has 12 heteroatoms. The standard InChI is InChI=1S/C32H33ClN2O6S3/c1-32(2,3)28-19-43-29(35-28)20-42-24-8-4-7-22(17-24)31(38)34-26-16-21(9-14-27(26)41-18-30(36)37)6-5-15-44(39,40)25-12-10-23(33)11-13-25/h4,7-14,16-17,19H,5-6,15,18,20H2,1-3H3,(H,34,38)(H,36,37). The Labute approximate surface area is 270 Å². The number of ether oxygens (including phenoxy) is 1. The summed E-state index contributed by atoms with van der Waals surface area (Å²) in [6, 6.07) is 18.2. The van der Waals surface area contributed by atoms with Gasteiger partial charge in [-0.05, 0) is 73.0 Å². The summed E-state index contributed by atoms with van der Waals surface area (Å²) in [5.41, 5.74) is 2.52. The molecule has 0 aliphatic heterocycles. The van der Waals surface area contributed by atoms with E-state index in [0.717, 1.165) is 21.2 Å². The second-order valence-electron chi connectivity index (χ2n) is 11.0. The van der Waals surface area contributed by atoms with Gasteiger partial charge in [0, 0.05) is 26.3 Å². The van der Waals surface area contributed by atoms with Crippen molar-refractivity contribution in [3.8, 4) is 5.75 Å². The lowest BCUT2D eigenvalue weighted by Crippen LogP contribution is -2.15. The third kappa shape index (κ3) is 9.56. The maximum atomic E-state index is 13.3. The van der Waals surface area contributed by atoms with Gasteiger partial charge in [-0.3, -0.25) is 4.79 Å². The number of aliphatic carboxylic acids is 1. The highest BCUT2D eigenvalue weighted by Gasteiger charge is 2.18. The van der Waals surface area contributed by atoms with E-state index in [2.05, 4.69) is 31.5 Å². The number of hydrogen-bond donors (Lipinski definition) is 2. The summed E-state index contributed by atoms with van der Waals surface area (Å²) >= 11 is 9.08. The molecule has 44 heavy (non-hydrogen) atoms. The number of aryl methyl sites for hydroxylation is 1. The Bertz CT molecular complexity index is 1730. The van der Waals surface area contributed by atoms with E-state index in [1.54, 1.807) is 59.5 Å². The molecule has 0 radical (unpaired) electrons. The zero-order chi connectivity index (χ0) is 31.9. The minimum Gasteiger partial charge on any atom is -0.480 e. The molecule has 0 unspecified atom stereocenters. The maximum Gasteiger partial charge on any atom is 0.341 e. The number of nitrogens with zero attached hydrogens (tertiary/aromatic N) is 1. The third-order valence-electron chi connectivity index (χ3n) is 6.47. The van der Waals surface area contributed by atoms with E-state index < -0.39 is 22.4 Å². The molecule has 0 saturated carbocycles. The summed E-state index contributed by atoms with van der Waals surface area (Å²) in [4.78, 5) is 30.3. The van der Waals surface area contributed by atoms with Crippen LogP contribution in [0.2, 0.25) is 5.02 Å². The monoisotopic (exact) mass is 672 g/mol. The molecule has 1 aromatic heterocycles. The first kappa shape index (κ1) is 33.5. The molecule has 1 amide bonds. The number of carbonyl (C=O) groups is 2. The van der Waals surface area contributed by atoms with Crippen molar-refractivity contribution < 1.29 is 27.9 Å². The highest BCUT2D eigenvalue weighted by Crippen LogP contribution is 2.30. The van der Waals surface area contributed by atoms with Crippen LogP contribution >= 0.6 is 34.7 Å². The van der Waals surface area contributed by atoms with Crippen LogP contribution in [0.5, 0.6) is 5.75 Å². The summed E-state index contributed by atoms with van der Waals surface area (Å²) in [7, 11) is -3.49. The Morgan fingerprint density at radius 2 is 1.82 bits per heavy atom. The van der Waals surface area contributed by atoms with Gasteiger partial charge in [-0.2, -0.15) is 0 Å². The van der Waals surface area contributed by atoms with E-state index in [1.807, 2.05) is 6.07 Å². The molecule has 0 aliphatic carbocycles. The maximum absolute atomic E-state index is 13.3. The molecule has 8 nitrogen and oxygen atoms in total. The molecule has 3 aromatic carbocycles. The summed E-state index contributed by atoms with van der Waals surface area (Å²) in [6.45, 7) is 5.80. The average molecular weight is 673 g/mol. The number of hydrogen-bond acceptors (Lipinski definition) is 8. The van der Waals surface area contributed by atoms with Gasteiger partial charge >= 0.3 is 5.97 Å². The Morgan fingerprint density at radius 3 is 2.50 bits per heavy atom. The molecule has 0 fully saturated rings. The zero-order valence-corrected chi connectivity index (χ0v) is 27.7. The van der Waals surface area contributed by atoms with Gasteiger partial charge in [0.1, 0.15) is 10.8 Å². The summed E-state index contributed by atoms with van der Waals surface area (Å²) in [6.07, 6.45) is 0.748. The molecular weight excluding hydrogens is 640 g/mol. The fourth-order valence-electron chi connectivity index (χ4n) is 4.11. The normalized spacial score (nSPS) is 11.7. The first-order valence-electron chi connectivity index (χ1n) is 13.7. The second-order valence-corrected chi connectivity index (χ2v) is 15.6. The van der Waals surface area contributed by atoms with Gasteiger partial charge in [-0.25, -0.2) is 18.2 Å². The van der Waals surface area contributed by atoms with Crippen LogP contribution in [-0.2, 0) is 32.2 Å². The number of amides is 1. The molecular formula is C32H33ClN2O6S3. The molecule has 232 valence electrons. The fraction of sp³-hybridized carbons (Fsp3) is 0.281. The lowest BCUT2D eigenvalue weighted by atomic mass is 9.93. The van der Waals surface area contributed by atoms with Gasteiger partial charge in [0.2, 0.25) is 0 Å². The number of carbonyl (C=O) groups excluding carboxylic acids is 1. The molecule has 0 aliphatic rings. The Morgan fingerprint density at radius 1 is 1.07 bits per heavy atom. The van der Waals surface area contributed by atoms with Crippen LogP contribution in [0.25, 0.3) is 0 Å². The Hall–Kier alpha value is -3.38. The molecule has 4 rings (SSSR count). The van der Waals surface area contributed by atoms with E-state index in [1.165, 1.54) is 24.3 Å². The van der Waals surface area contributed by atoms with Crippen LogP contribution in [0, 0.1) is 0 Å². The number of sulfone groups is 1. The SMILES string of the molecule is CC(C)(C)c1csc(CSc2cccc(C(=O)Nc3cc(CCCS(=O)(=O)c4ccc(Cl)cc4)ccc3OCC(=O)O)c2)n1. The first-order chi connectivity index (χ1) is 20.8. The van der Waals surface area contributed by atoms with Crippen molar-refractivity contribution in [3.63, 3.8) is 0 Å². The molecule has 0 atom stereocenters. The predicted molar refractivity (Wildman–Crippen MR) is 176 cm³/mol. The minimum absolute atomic E-state index is 0.0170. The van der Waals surface area contributed by atoms with Crippen LogP contribution in [-0.4, -0.2) is 42.7 Å². The lowest BCUT2D eigenvalue weighted by Gasteiger charge is -2.14. The van der Waals surface area contributed by atoms with E-state index in [9.17, 15) is 18.0 Å². The molecule has 1 heterocycles. The smallest absolute Gasteiger partial charge is 0.341 e. The van der Waals surface area contributed by atoms with Gasteiger partial charge in [0.15, 0.2) is 16.4 Å². The highest BCUT2D eigenvalue weighted by molar-refractivity contribution is 7.98. The predicted octanol–water partition coefficient (Wildman–Crippen LogP) is 7.51. The van der Waals surface area contributed by atoms with Crippen molar-refractivity contribution in [1.82, 2.24) is 4.98 Å². The molecule has 4 aromatic rings. The van der Waals surface area contributed by atoms with Gasteiger partial charge < -0.3 is 15.2 Å². The van der Waals surface area contributed by atoms with Crippen LogP contribution in [0.4, 0.5) is 5.69 Å². The number of benzene rings is 3. The van der Waals surface area contributed by atoms with Crippen LogP contribution in [0.1, 0.15) is 53.8 Å².